The van der Waals surface area contributed by atoms with Crippen LogP contribution in [0.2, 0.25) is 0 Å². The second-order valence-corrected chi connectivity index (χ2v) is 6.88. The molecule has 8 nitrogen and oxygen atoms in total. The first-order valence-electron chi connectivity index (χ1n) is 8.15. The number of nitrogens with two attached hydrogens (primary N) is 2. The lowest BCUT2D eigenvalue weighted by molar-refractivity contribution is 0.107. The van der Waals surface area contributed by atoms with E-state index >= 15 is 0 Å². The molecule has 0 saturated heterocycles. The zero-order valence-corrected chi connectivity index (χ0v) is 14.0. The number of carbonyl (C=O) groups excluding carboxylic acids is 1. The van der Waals surface area contributed by atoms with Crippen molar-refractivity contribution in [2.24, 2.45) is 34.6 Å². The molecule has 2 aliphatic carbocycles. The van der Waals surface area contributed by atoms with Crippen LogP contribution in [0.25, 0.3) is 0 Å². The van der Waals surface area contributed by atoms with Crippen LogP contribution in [0.5, 0.6) is 0 Å². The van der Waals surface area contributed by atoms with Gasteiger partial charge in [-0.1, -0.05) is 0 Å². The van der Waals surface area contributed by atoms with E-state index in [9.17, 15) is 9.90 Å². The third-order valence-corrected chi connectivity index (χ3v) is 5.53. The summed E-state index contributed by atoms with van der Waals surface area (Å²) in [5.74, 6) is 1.71. The standard InChI is InChI=1S/C16H24N6O2/c1-19-15(20-8-17)16(24)5-10-3-9(4-11(10)6-16)13-12(7-23)14(18)22(2)21-13/h7-11,24H,3-6,18H2,1-2H3,(H2,17,19,20). The number of nitrogens with zero attached hydrogens (tertiary/aromatic N) is 4. The summed E-state index contributed by atoms with van der Waals surface area (Å²) in [5.41, 5.74) is 11.5. The highest BCUT2D eigenvalue weighted by Crippen LogP contribution is 2.54. The van der Waals surface area contributed by atoms with Gasteiger partial charge in [-0.25, -0.2) is 4.99 Å². The van der Waals surface area contributed by atoms with Crippen molar-refractivity contribution >= 4 is 24.3 Å². The van der Waals surface area contributed by atoms with E-state index in [4.69, 9.17) is 11.5 Å². The number of nitrogen functional groups attached to an aromatic ring is 1. The Morgan fingerprint density at radius 3 is 2.54 bits per heavy atom. The summed E-state index contributed by atoms with van der Waals surface area (Å²) in [4.78, 5) is 19.5. The molecule has 0 bridgehead atoms. The van der Waals surface area contributed by atoms with E-state index in [1.54, 1.807) is 18.8 Å². The van der Waals surface area contributed by atoms with Crippen molar-refractivity contribution in [2.45, 2.75) is 37.2 Å². The lowest BCUT2D eigenvalue weighted by atomic mass is 9.91. The Morgan fingerprint density at radius 2 is 2.04 bits per heavy atom. The highest BCUT2D eigenvalue weighted by molar-refractivity contribution is 5.95. The second kappa shape index (κ2) is 6.01. The van der Waals surface area contributed by atoms with Crippen molar-refractivity contribution in [2.75, 3.05) is 12.8 Å². The van der Waals surface area contributed by atoms with Gasteiger partial charge in [-0.2, -0.15) is 5.10 Å². The van der Waals surface area contributed by atoms with Crippen molar-refractivity contribution < 1.29 is 9.90 Å². The van der Waals surface area contributed by atoms with Gasteiger partial charge in [0.25, 0.3) is 0 Å². The van der Waals surface area contributed by atoms with Crippen LogP contribution in [-0.4, -0.2) is 46.0 Å². The van der Waals surface area contributed by atoms with Crippen LogP contribution in [0.15, 0.2) is 9.98 Å². The predicted molar refractivity (Wildman–Crippen MR) is 92.2 cm³/mol. The van der Waals surface area contributed by atoms with Gasteiger partial charge in [0, 0.05) is 20.0 Å². The summed E-state index contributed by atoms with van der Waals surface area (Å²) in [5, 5.41) is 15.3. The number of amidine groups is 1. The molecule has 2 fully saturated rings. The number of aldehydes is 1. The van der Waals surface area contributed by atoms with Gasteiger partial charge in [-0.3, -0.25) is 14.5 Å². The SMILES string of the molecule is CN=C(N=CN)C1(O)CC2CC(c3nn(C)c(N)c3C=O)CC2C1. The van der Waals surface area contributed by atoms with Crippen LogP contribution in [0, 0.1) is 11.8 Å². The monoisotopic (exact) mass is 332 g/mol. The number of carbonyl (C=O) groups is 1. The lowest BCUT2D eigenvalue weighted by Gasteiger charge is -2.23. The third-order valence-electron chi connectivity index (χ3n) is 5.53. The number of fused-ring (bicyclic) bond motifs is 1. The maximum Gasteiger partial charge on any atom is 0.156 e. The molecule has 1 aromatic heterocycles. The third kappa shape index (κ3) is 2.50. The van der Waals surface area contributed by atoms with E-state index in [2.05, 4.69) is 15.1 Å². The van der Waals surface area contributed by atoms with Crippen LogP contribution in [-0.2, 0) is 7.05 Å². The van der Waals surface area contributed by atoms with E-state index in [1.165, 1.54) is 6.34 Å². The molecule has 2 saturated carbocycles. The molecule has 2 aliphatic rings. The van der Waals surface area contributed by atoms with Crippen molar-refractivity contribution in [1.82, 2.24) is 9.78 Å². The van der Waals surface area contributed by atoms with E-state index in [0.29, 0.717) is 41.9 Å². The molecule has 0 radical (unpaired) electrons. The smallest absolute Gasteiger partial charge is 0.156 e. The largest absolute Gasteiger partial charge is 0.390 e. The van der Waals surface area contributed by atoms with Gasteiger partial charge in [0.1, 0.15) is 11.4 Å². The van der Waals surface area contributed by atoms with E-state index in [-0.39, 0.29) is 5.92 Å². The van der Waals surface area contributed by atoms with Crippen molar-refractivity contribution in [1.29, 1.82) is 0 Å². The molecule has 1 heterocycles. The fourth-order valence-corrected chi connectivity index (χ4v) is 4.52. The quantitative estimate of drug-likeness (QED) is 0.420. The van der Waals surface area contributed by atoms with Crippen LogP contribution < -0.4 is 11.5 Å². The van der Waals surface area contributed by atoms with Gasteiger partial charge in [0.05, 0.1) is 17.6 Å². The number of hydrogen-bond acceptors (Lipinski definition) is 5. The van der Waals surface area contributed by atoms with Crippen LogP contribution in [0.3, 0.4) is 0 Å². The molecule has 130 valence electrons. The van der Waals surface area contributed by atoms with Gasteiger partial charge in [-0.05, 0) is 37.5 Å². The fraction of sp³-hybridized carbons (Fsp3) is 0.625. The van der Waals surface area contributed by atoms with Crippen LogP contribution in [0.4, 0.5) is 5.82 Å². The van der Waals surface area contributed by atoms with Gasteiger partial charge >= 0.3 is 0 Å². The van der Waals surface area contributed by atoms with E-state index in [0.717, 1.165) is 24.8 Å². The molecule has 0 aliphatic heterocycles. The number of aromatic nitrogens is 2. The first-order chi connectivity index (χ1) is 11.4. The molecular formula is C16H24N6O2. The summed E-state index contributed by atoms with van der Waals surface area (Å²) in [7, 11) is 3.36. The summed E-state index contributed by atoms with van der Waals surface area (Å²) < 4.78 is 1.56. The molecule has 8 heteroatoms. The molecule has 0 spiro atoms. The van der Waals surface area contributed by atoms with E-state index in [1.807, 2.05) is 0 Å². The molecule has 0 aromatic carbocycles. The minimum Gasteiger partial charge on any atom is -0.390 e. The topological polar surface area (TPSA) is 132 Å². The first kappa shape index (κ1) is 16.6. The Hall–Kier alpha value is -2.22. The van der Waals surface area contributed by atoms with E-state index < -0.39 is 5.60 Å². The molecule has 3 rings (SSSR count). The Morgan fingerprint density at radius 1 is 1.42 bits per heavy atom. The number of hydrogen-bond donors (Lipinski definition) is 3. The van der Waals surface area contributed by atoms with Crippen molar-refractivity contribution in [3.8, 4) is 0 Å². The minimum absolute atomic E-state index is 0.202. The number of anilines is 1. The molecule has 24 heavy (non-hydrogen) atoms. The zero-order valence-electron chi connectivity index (χ0n) is 14.0. The Bertz CT molecular complexity index is 694. The number of aliphatic hydroxyl groups is 1. The Labute approximate surface area is 140 Å². The molecule has 0 amide bonds. The Balaban J connectivity index is 1.78. The average Bonchev–Trinajstić information content (AvgIpc) is 3.15. The average molecular weight is 332 g/mol. The molecule has 2 unspecified atom stereocenters. The predicted octanol–water partition coefficient (Wildman–Crippen LogP) is 0.465. The molecule has 2 atom stereocenters. The van der Waals surface area contributed by atoms with Gasteiger partial charge in [0.2, 0.25) is 0 Å². The molecule has 5 N–H and O–H groups in total. The minimum atomic E-state index is -1.01. The second-order valence-electron chi connectivity index (χ2n) is 6.88. The zero-order chi connectivity index (χ0) is 17.5. The summed E-state index contributed by atoms with van der Waals surface area (Å²) in [6, 6.07) is 0. The molecular weight excluding hydrogens is 308 g/mol. The number of aryl methyl sites for hydroxylation is 1. The molecule has 1 aromatic rings. The first-order valence-corrected chi connectivity index (χ1v) is 8.15. The highest BCUT2D eigenvalue weighted by Gasteiger charge is 2.52. The maximum absolute atomic E-state index is 11.4. The van der Waals surface area contributed by atoms with Gasteiger partial charge in [0.15, 0.2) is 12.1 Å². The number of aliphatic imine (C=N–C) groups is 2. The summed E-state index contributed by atoms with van der Waals surface area (Å²) in [6.07, 6.45) is 4.94. The normalized spacial score (nSPS) is 33.3. The summed E-state index contributed by atoms with van der Waals surface area (Å²) >= 11 is 0. The van der Waals surface area contributed by atoms with Crippen molar-refractivity contribution in [3.05, 3.63) is 11.3 Å². The highest BCUT2D eigenvalue weighted by atomic mass is 16.3. The Kier molecular flexibility index (Phi) is 4.16. The van der Waals surface area contributed by atoms with Gasteiger partial charge in [-0.15, -0.1) is 0 Å². The lowest BCUT2D eigenvalue weighted by Crippen LogP contribution is -2.36. The van der Waals surface area contributed by atoms with Crippen LogP contribution in [0.1, 0.15) is 47.7 Å². The van der Waals surface area contributed by atoms with Crippen molar-refractivity contribution in [3.63, 3.8) is 0 Å². The van der Waals surface area contributed by atoms with Crippen LogP contribution >= 0.6 is 0 Å². The number of rotatable bonds is 3. The van der Waals surface area contributed by atoms with Gasteiger partial charge < -0.3 is 16.6 Å². The fourth-order valence-electron chi connectivity index (χ4n) is 4.52. The maximum atomic E-state index is 11.4. The summed E-state index contributed by atoms with van der Waals surface area (Å²) in [6.45, 7) is 0.